The lowest BCUT2D eigenvalue weighted by Crippen LogP contribution is -2.14. The number of carbonyl (C=O) groups is 2. The van der Waals surface area contributed by atoms with Crippen molar-refractivity contribution in [1.82, 2.24) is 25.0 Å². The molecule has 0 bridgehead atoms. The highest BCUT2D eigenvalue weighted by Crippen LogP contribution is 2.25. The molecule has 0 aliphatic rings. The van der Waals surface area contributed by atoms with Gasteiger partial charge in [-0.25, -0.2) is 4.98 Å². The van der Waals surface area contributed by atoms with Gasteiger partial charge in [0.1, 0.15) is 17.0 Å². The van der Waals surface area contributed by atoms with Crippen LogP contribution in [0.25, 0.3) is 11.4 Å². The molecule has 34 heavy (non-hydrogen) atoms. The van der Waals surface area contributed by atoms with Crippen molar-refractivity contribution in [3.8, 4) is 11.4 Å². The third kappa shape index (κ3) is 5.35. The normalized spacial score (nSPS) is 11.7. The second kappa shape index (κ2) is 10.4. The second-order valence-corrected chi connectivity index (χ2v) is 8.08. The van der Waals surface area contributed by atoms with E-state index in [1.165, 1.54) is 10.9 Å². The molecule has 3 heterocycles. The molecule has 1 atom stereocenters. The SMILES string of the molecule is C[C@@H](OC(=O)Cc1c(-c2ccc(C(=O)Cc3ccccc3)cn2)nnn1C)c1cccnc1Cl. The number of pyridine rings is 2. The summed E-state index contributed by atoms with van der Waals surface area (Å²) in [4.78, 5) is 33.6. The number of esters is 1. The van der Waals surface area contributed by atoms with E-state index in [0.29, 0.717) is 34.6 Å². The summed E-state index contributed by atoms with van der Waals surface area (Å²) in [5, 5.41) is 8.48. The van der Waals surface area contributed by atoms with Crippen LogP contribution in [0.15, 0.2) is 67.0 Å². The Hall–Kier alpha value is -3.91. The molecule has 0 aliphatic carbocycles. The van der Waals surface area contributed by atoms with Gasteiger partial charge in [-0.05, 0) is 30.7 Å². The molecule has 1 aromatic carbocycles. The number of aryl methyl sites for hydroxylation is 1. The monoisotopic (exact) mass is 475 g/mol. The lowest BCUT2D eigenvalue weighted by atomic mass is 10.0. The second-order valence-electron chi connectivity index (χ2n) is 7.72. The first kappa shape index (κ1) is 23.3. The Bertz CT molecular complexity index is 1310. The minimum atomic E-state index is -0.564. The quantitative estimate of drug-likeness (QED) is 0.214. The number of carbonyl (C=O) groups excluding carboxylic acids is 2. The molecule has 3 aromatic heterocycles. The average Bonchev–Trinajstić information content (AvgIpc) is 3.19. The van der Waals surface area contributed by atoms with Crippen molar-refractivity contribution in [3.63, 3.8) is 0 Å². The molecule has 0 aliphatic heterocycles. The number of hydrogen-bond donors (Lipinski definition) is 0. The van der Waals surface area contributed by atoms with E-state index in [-0.39, 0.29) is 17.4 Å². The van der Waals surface area contributed by atoms with E-state index >= 15 is 0 Å². The number of ether oxygens (including phenoxy) is 1. The predicted molar refractivity (Wildman–Crippen MR) is 126 cm³/mol. The number of aromatic nitrogens is 5. The molecule has 0 radical (unpaired) electrons. The topological polar surface area (TPSA) is 99.9 Å². The van der Waals surface area contributed by atoms with Gasteiger partial charge < -0.3 is 4.74 Å². The Morgan fingerprint density at radius 2 is 1.82 bits per heavy atom. The highest BCUT2D eigenvalue weighted by Gasteiger charge is 2.21. The van der Waals surface area contributed by atoms with E-state index < -0.39 is 12.1 Å². The molecule has 0 saturated carbocycles. The van der Waals surface area contributed by atoms with Crippen molar-refractivity contribution in [3.05, 3.63) is 94.5 Å². The molecular formula is C25H22ClN5O3. The number of benzene rings is 1. The first-order valence-electron chi connectivity index (χ1n) is 10.6. The Morgan fingerprint density at radius 1 is 1.03 bits per heavy atom. The third-order valence-corrected chi connectivity index (χ3v) is 5.64. The van der Waals surface area contributed by atoms with Crippen molar-refractivity contribution < 1.29 is 14.3 Å². The number of rotatable bonds is 8. The Morgan fingerprint density at radius 3 is 2.53 bits per heavy atom. The van der Waals surface area contributed by atoms with Gasteiger partial charge in [0.05, 0.1) is 17.8 Å². The summed E-state index contributed by atoms with van der Waals surface area (Å²) < 4.78 is 7.05. The van der Waals surface area contributed by atoms with Crippen molar-refractivity contribution in [1.29, 1.82) is 0 Å². The van der Waals surface area contributed by atoms with Gasteiger partial charge in [0.2, 0.25) is 0 Å². The highest BCUT2D eigenvalue weighted by atomic mass is 35.5. The van der Waals surface area contributed by atoms with Gasteiger partial charge in [0, 0.05) is 37.0 Å². The van der Waals surface area contributed by atoms with Gasteiger partial charge >= 0.3 is 5.97 Å². The summed E-state index contributed by atoms with van der Waals surface area (Å²) in [5.74, 6) is -0.495. The van der Waals surface area contributed by atoms with Crippen molar-refractivity contribution >= 4 is 23.4 Å². The fourth-order valence-corrected chi connectivity index (χ4v) is 3.77. The van der Waals surface area contributed by atoms with E-state index in [4.69, 9.17) is 16.3 Å². The predicted octanol–water partition coefficient (Wildman–Crippen LogP) is 4.20. The van der Waals surface area contributed by atoms with Crippen LogP contribution in [-0.2, 0) is 29.4 Å². The standard InChI is InChI=1S/C25H22ClN5O3/c1-16(19-9-6-12-27-25(19)26)34-23(33)14-21-24(29-30-31(21)2)20-11-10-18(15-28-20)22(32)13-17-7-4-3-5-8-17/h3-12,15-16H,13-14H2,1-2H3/t16-/m1/s1. The van der Waals surface area contributed by atoms with Crippen LogP contribution in [0.5, 0.6) is 0 Å². The molecule has 4 aromatic rings. The van der Waals surface area contributed by atoms with E-state index in [1.807, 2.05) is 30.3 Å². The summed E-state index contributed by atoms with van der Waals surface area (Å²) in [6, 6.07) is 16.4. The van der Waals surface area contributed by atoms with Crippen molar-refractivity contribution in [2.75, 3.05) is 0 Å². The van der Waals surface area contributed by atoms with Gasteiger partial charge in [-0.2, -0.15) is 0 Å². The summed E-state index contributed by atoms with van der Waals surface area (Å²) in [7, 11) is 1.69. The lowest BCUT2D eigenvalue weighted by Gasteiger charge is -2.14. The van der Waals surface area contributed by atoms with Crippen LogP contribution in [0.1, 0.15) is 40.2 Å². The Kier molecular flexibility index (Phi) is 7.08. The maximum absolute atomic E-state index is 12.6. The number of nitrogens with zero attached hydrogens (tertiary/aromatic N) is 5. The molecule has 0 saturated heterocycles. The van der Waals surface area contributed by atoms with E-state index in [9.17, 15) is 9.59 Å². The highest BCUT2D eigenvalue weighted by molar-refractivity contribution is 6.30. The molecule has 0 N–H and O–H groups in total. The van der Waals surface area contributed by atoms with Crippen LogP contribution >= 0.6 is 11.6 Å². The molecule has 0 unspecified atom stereocenters. The summed E-state index contributed by atoms with van der Waals surface area (Å²) >= 11 is 6.10. The Labute approximate surface area is 201 Å². The first-order valence-corrected chi connectivity index (χ1v) is 11.0. The molecule has 8 nitrogen and oxygen atoms in total. The minimum absolute atomic E-state index is 0.0313. The zero-order valence-corrected chi connectivity index (χ0v) is 19.4. The van der Waals surface area contributed by atoms with Crippen LogP contribution in [-0.4, -0.2) is 36.7 Å². The summed E-state index contributed by atoms with van der Waals surface area (Å²) in [6.07, 6.45) is 2.76. The maximum atomic E-state index is 12.6. The van der Waals surface area contributed by atoms with Crippen LogP contribution in [0, 0.1) is 0 Å². The molecule has 0 fully saturated rings. The van der Waals surface area contributed by atoms with Gasteiger partial charge in [0.15, 0.2) is 5.78 Å². The van der Waals surface area contributed by atoms with Gasteiger partial charge in [-0.1, -0.05) is 53.2 Å². The van der Waals surface area contributed by atoms with Crippen LogP contribution in [0.3, 0.4) is 0 Å². The van der Waals surface area contributed by atoms with Crippen LogP contribution in [0.4, 0.5) is 0 Å². The van der Waals surface area contributed by atoms with Gasteiger partial charge in [-0.15, -0.1) is 5.10 Å². The fraction of sp³-hybridized carbons (Fsp3) is 0.200. The minimum Gasteiger partial charge on any atom is -0.457 e. The molecule has 0 amide bonds. The number of ketones is 1. The third-order valence-electron chi connectivity index (χ3n) is 5.32. The van der Waals surface area contributed by atoms with Crippen molar-refractivity contribution in [2.24, 2.45) is 7.05 Å². The number of Topliss-reactive ketones (excluding diaryl/α,β-unsaturated/α-hetero) is 1. The van der Waals surface area contributed by atoms with E-state index in [2.05, 4.69) is 20.3 Å². The smallest absolute Gasteiger partial charge is 0.312 e. The largest absolute Gasteiger partial charge is 0.457 e. The summed E-state index contributed by atoms with van der Waals surface area (Å²) in [6.45, 7) is 1.73. The zero-order valence-electron chi connectivity index (χ0n) is 18.7. The molecule has 4 rings (SSSR count). The molecule has 0 spiro atoms. The van der Waals surface area contributed by atoms with Gasteiger partial charge in [0.25, 0.3) is 0 Å². The molecule has 172 valence electrons. The maximum Gasteiger partial charge on any atom is 0.312 e. The average molecular weight is 476 g/mol. The number of hydrogen-bond acceptors (Lipinski definition) is 7. The molecular weight excluding hydrogens is 454 g/mol. The fourth-order valence-electron chi connectivity index (χ4n) is 3.50. The van der Waals surface area contributed by atoms with Crippen molar-refractivity contribution in [2.45, 2.75) is 25.9 Å². The van der Waals surface area contributed by atoms with E-state index in [1.54, 1.807) is 44.4 Å². The van der Waals surface area contributed by atoms with E-state index in [0.717, 1.165) is 5.56 Å². The lowest BCUT2D eigenvalue weighted by molar-refractivity contribution is -0.147. The van der Waals surface area contributed by atoms with Crippen LogP contribution < -0.4 is 0 Å². The zero-order chi connectivity index (χ0) is 24.1. The Balaban J connectivity index is 1.46. The first-order chi connectivity index (χ1) is 16.4. The molecule has 9 heteroatoms. The number of halogens is 1. The van der Waals surface area contributed by atoms with Gasteiger partial charge in [-0.3, -0.25) is 19.3 Å². The summed E-state index contributed by atoms with van der Waals surface area (Å²) in [5.41, 5.74) is 3.57. The van der Waals surface area contributed by atoms with Crippen LogP contribution in [0.2, 0.25) is 5.15 Å².